The van der Waals surface area contributed by atoms with Gasteiger partial charge < -0.3 is 5.11 Å². The molecule has 1 nitrogen and oxygen atoms in total. The van der Waals surface area contributed by atoms with E-state index in [0.29, 0.717) is 11.3 Å². The molecule has 0 aliphatic heterocycles. The van der Waals surface area contributed by atoms with Crippen LogP contribution in [0.5, 0.6) is 0 Å². The Kier molecular flexibility index (Phi) is 6.11. The summed E-state index contributed by atoms with van der Waals surface area (Å²) in [6.07, 6.45) is 14.8. The van der Waals surface area contributed by atoms with Crippen molar-refractivity contribution in [3.63, 3.8) is 0 Å². The first-order valence-corrected chi connectivity index (χ1v) is 12.8. The molecule has 4 rings (SSSR count). The van der Waals surface area contributed by atoms with Gasteiger partial charge in [-0.25, -0.2) is 0 Å². The molecule has 164 valence electrons. The van der Waals surface area contributed by atoms with Crippen molar-refractivity contribution in [2.45, 2.75) is 92.1 Å². The second-order valence-corrected chi connectivity index (χ2v) is 12.0. The van der Waals surface area contributed by atoms with Crippen molar-refractivity contribution in [2.75, 3.05) is 0 Å². The Bertz CT molecular complexity index is 634. The average molecular weight is 399 g/mol. The van der Waals surface area contributed by atoms with E-state index in [1.807, 2.05) is 0 Å². The Labute approximate surface area is 180 Å². The molecule has 0 aromatic heterocycles. The fourth-order valence-corrected chi connectivity index (χ4v) is 8.64. The predicted octanol–water partition coefficient (Wildman–Crippen LogP) is 7.27. The molecule has 0 amide bonds. The van der Waals surface area contributed by atoms with Gasteiger partial charge in [-0.3, -0.25) is 0 Å². The Morgan fingerprint density at radius 1 is 1.21 bits per heavy atom. The van der Waals surface area contributed by atoms with Gasteiger partial charge in [0, 0.05) is 0 Å². The maximum atomic E-state index is 10.2. The van der Waals surface area contributed by atoms with E-state index in [2.05, 4.69) is 53.3 Å². The quantitative estimate of drug-likeness (QED) is 0.483. The lowest BCUT2D eigenvalue weighted by Crippen LogP contribution is -2.50. The summed E-state index contributed by atoms with van der Waals surface area (Å²) in [5, 5.41) is 10.2. The molecule has 3 fully saturated rings. The molecule has 0 spiro atoms. The Morgan fingerprint density at radius 2 is 1.97 bits per heavy atom. The van der Waals surface area contributed by atoms with Crippen molar-refractivity contribution in [1.29, 1.82) is 0 Å². The van der Waals surface area contributed by atoms with Crippen LogP contribution in [0, 0.1) is 58.7 Å². The fourth-order valence-electron chi connectivity index (χ4n) is 8.64. The number of allylic oxidation sites excluding steroid dienone is 2. The predicted molar refractivity (Wildman–Crippen MR) is 123 cm³/mol. The van der Waals surface area contributed by atoms with E-state index in [1.165, 1.54) is 38.5 Å². The van der Waals surface area contributed by atoms with Crippen LogP contribution in [0.25, 0.3) is 0 Å². The molecule has 1 N–H and O–H groups in total. The van der Waals surface area contributed by atoms with Gasteiger partial charge in [0.15, 0.2) is 0 Å². The normalized spacial score (nSPS) is 47.2. The van der Waals surface area contributed by atoms with Crippen LogP contribution < -0.4 is 0 Å². The van der Waals surface area contributed by atoms with E-state index in [4.69, 9.17) is 0 Å². The summed E-state index contributed by atoms with van der Waals surface area (Å²) in [7, 11) is 0. The smallest absolute Gasteiger partial charge is 0.0577 e. The van der Waals surface area contributed by atoms with E-state index < -0.39 is 0 Å². The highest BCUT2D eigenvalue weighted by Gasteiger charge is 2.56. The zero-order valence-corrected chi connectivity index (χ0v) is 19.7. The van der Waals surface area contributed by atoms with Gasteiger partial charge in [0.05, 0.1) is 6.10 Å². The molecule has 0 unspecified atom stereocenters. The molecule has 0 saturated heterocycles. The highest BCUT2D eigenvalue weighted by Crippen LogP contribution is 2.64. The second-order valence-electron chi connectivity index (χ2n) is 12.0. The molecular weight excluding hydrogens is 352 g/mol. The maximum absolute atomic E-state index is 10.2. The van der Waals surface area contributed by atoms with E-state index in [1.54, 1.807) is 5.57 Å². The Morgan fingerprint density at radius 3 is 2.69 bits per heavy atom. The van der Waals surface area contributed by atoms with Gasteiger partial charge in [-0.1, -0.05) is 52.3 Å². The number of hydrogen-bond donors (Lipinski definition) is 1. The summed E-state index contributed by atoms with van der Waals surface area (Å²) in [6, 6.07) is 0. The van der Waals surface area contributed by atoms with Gasteiger partial charge in [-0.2, -0.15) is 0 Å². The summed E-state index contributed by atoms with van der Waals surface area (Å²) >= 11 is 0. The first-order chi connectivity index (χ1) is 13.8. The second kappa shape index (κ2) is 8.18. The standard InChI is InChI=1S/C28H46O/c1-7-17(2)18(3)14-19(4)23-10-11-25-24-9-8-21-16-22(29)12-13-28(21,6)26(24)15-20(5)27(23)25/h7-8,17-20,22-27,29H,1,9-16H2,2-6H3/t17-,18-,19-,20-,22+,23-,24+,25+,26+,27+,28+/m1/s1. The van der Waals surface area contributed by atoms with Crippen LogP contribution in [0.2, 0.25) is 0 Å². The van der Waals surface area contributed by atoms with Crippen molar-refractivity contribution >= 4 is 0 Å². The van der Waals surface area contributed by atoms with Crippen LogP contribution in [0.1, 0.15) is 86.0 Å². The van der Waals surface area contributed by atoms with Gasteiger partial charge in [0.1, 0.15) is 0 Å². The number of rotatable bonds is 5. The van der Waals surface area contributed by atoms with Crippen LogP contribution in [0.3, 0.4) is 0 Å². The summed E-state index contributed by atoms with van der Waals surface area (Å²) in [6.45, 7) is 16.5. The summed E-state index contributed by atoms with van der Waals surface area (Å²) in [4.78, 5) is 0. The summed E-state index contributed by atoms with van der Waals surface area (Å²) < 4.78 is 0. The fraction of sp³-hybridized carbons (Fsp3) is 0.857. The van der Waals surface area contributed by atoms with Crippen LogP contribution in [-0.4, -0.2) is 11.2 Å². The molecule has 0 aromatic rings. The molecule has 4 aliphatic carbocycles. The largest absolute Gasteiger partial charge is 0.393 e. The first-order valence-electron chi connectivity index (χ1n) is 12.8. The lowest BCUT2D eigenvalue weighted by molar-refractivity contribution is -0.0413. The third-order valence-electron chi connectivity index (χ3n) is 10.6. The van der Waals surface area contributed by atoms with Crippen molar-refractivity contribution in [1.82, 2.24) is 0 Å². The SMILES string of the molecule is C=C[C@@H](C)[C@H](C)C[C@@H](C)[C@H]1CC[C@H]2[C@@H]3CC=C4C[C@@H](O)CC[C@]4(C)[C@H]3C[C@@H](C)[C@H]21. The molecule has 11 atom stereocenters. The molecule has 29 heavy (non-hydrogen) atoms. The molecule has 0 aromatic carbocycles. The summed E-state index contributed by atoms with van der Waals surface area (Å²) in [5.41, 5.74) is 1.98. The number of hydrogen-bond acceptors (Lipinski definition) is 1. The monoisotopic (exact) mass is 398 g/mol. The minimum absolute atomic E-state index is 0.0868. The Hall–Kier alpha value is -0.560. The number of fused-ring (bicyclic) bond motifs is 5. The molecule has 1 heteroatoms. The van der Waals surface area contributed by atoms with Crippen LogP contribution in [0.15, 0.2) is 24.3 Å². The molecule has 3 saturated carbocycles. The van der Waals surface area contributed by atoms with Gasteiger partial charge in [-0.05, 0) is 110 Å². The topological polar surface area (TPSA) is 20.2 Å². The molecule has 0 heterocycles. The zero-order chi connectivity index (χ0) is 20.9. The van der Waals surface area contributed by atoms with Crippen molar-refractivity contribution in [3.05, 3.63) is 24.3 Å². The van der Waals surface area contributed by atoms with Gasteiger partial charge in [0.2, 0.25) is 0 Å². The zero-order valence-electron chi connectivity index (χ0n) is 19.7. The van der Waals surface area contributed by atoms with E-state index in [-0.39, 0.29) is 6.10 Å². The Balaban J connectivity index is 1.51. The van der Waals surface area contributed by atoms with E-state index >= 15 is 0 Å². The molecule has 4 aliphatic rings. The van der Waals surface area contributed by atoms with Crippen LogP contribution in [-0.2, 0) is 0 Å². The molecule has 0 radical (unpaired) electrons. The summed E-state index contributed by atoms with van der Waals surface area (Å²) in [5.74, 6) is 7.69. The average Bonchev–Trinajstić information content (AvgIpc) is 3.14. The first kappa shape index (κ1) is 21.7. The van der Waals surface area contributed by atoms with Crippen molar-refractivity contribution in [2.24, 2.45) is 58.7 Å². The van der Waals surface area contributed by atoms with Gasteiger partial charge in [0.25, 0.3) is 0 Å². The molecule has 0 bridgehead atoms. The van der Waals surface area contributed by atoms with Crippen LogP contribution in [0.4, 0.5) is 0 Å². The van der Waals surface area contributed by atoms with Gasteiger partial charge >= 0.3 is 0 Å². The lowest BCUT2D eigenvalue weighted by atomic mass is 9.48. The highest BCUT2D eigenvalue weighted by atomic mass is 16.3. The maximum Gasteiger partial charge on any atom is 0.0577 e. The van der Waals surface area contributed by atoms with Crippen molar-refractivity contribution < 1.29 is 5.11 Å². The third-order valence-corrected chi connectivity index (χ3v) is 10.6. The van der Waals surface area contributed by atoms with Crippen LogP contribution >= 0.6 is 0 Å². The minimum atomic E-state index is -0.0868. The minimum Gasteiger partial charge on any atom is -0.393 e. The lowest BCUT2D eigenvalue weighted by Gasteiger charge is -2.57. The van der Waals surface area contributed by atoms with Gasteiger partial charge in [-0.15, -0.1) is 6.58 Å². The highest BCUT2D eigenvalue weighted by molar-refractivity contribution is 5.25. The number of aliphatic hydroxyl groups excluding tert-OH is 1. The molecular formula is C28H46O. The van der Waals surface area contributed by atoms with Crippen molar-refractivity contribution in [3.8, 4) is 0 Å². The third kappa shape index (κ3) is 3.68. The van der Waals surface area contributed by atoms with E-state index in [0.717, 1.165) is 60.2 Å². The van der Waals surface area contributed by atoms with E-state index in [9.17, 15) is 5.11 Å². The number of aliphatic hydroxyl groups is 1.